The Hall–Kier alpha value is -1.73. The fraction of sp³-hybridized carbons (Fsp3) is 0.111. The minimum Gasteiger partial charge on any atom is -0.432 e. The molecule has 2 nitrogen and oxygen atoms in total. The molecule has 0 aliphatic carbocycles. The van der Waals surface area contributed by atoms with Crippen LogP contribution in [0.3, 0.4) is 0 Å². The summed E-state index contributed by atoms with van der Waals surface area (Å²) in [6.07, 6.45) is 2.06. The van der Waals surface area contributed by atoms with Crippen LogP contribution in [-0.2, 0) is 4.12 Å². The molecule has 0 aliphatic rings. The van der Waals surface area contributed by atoms with Gasteiger partial charge in [-0.15, -0.1) is 0 Å². The van der Waals surface area contributed by atoms with Crippen LogP contribution in [0.5, 0.6) is 0 Å². The molecule has 1 N–H and O–H groups in total. The maximum atomic E-state index is 10.7. The van der Waals surface area contributed by atoms with Gasteiger partial charge in [0.1, 0.15) is 0 Å². The molecular formula is C18H22O2Si2. The SMILES string of the molecule is C=C(c1ccccc1)[Si](C)(O)O[SiH](C)/C=C\c1ccccc1. The van der Waals surface area contributed by atoms with Gasteiger partial charge in [0, 0.05) is 0 Å². The van der Waals surface area contributed by atoms with Gasteiger partial charge in [-0.25, -0.2) is 0 Å². The predicted molar refractivity (Wildman–Crippen MR) is 98.9 cm³/mol. The zero-order chi connectivity index (χ0) is 16.0. The smallest absolute Gasteiger partial charge is 0.356 e. The van der Waals surface area contributed by atoms with Gasteiger partial charge in [-0.3, -0.25) is 0 Å². The first-order valence-corrected chi connectivity index (χ1v) is 12.0. The third-order valence-corrected chi connectivity index (χ3v) is 8.92. The Morgan fingerprint density at radius 2 is 1.64 bits per heavy atom. The lowest BCUT2D eigenvalue weighted by molar-refractivity contribution is 0.411. The molecule has 114 valence electrons. The highest BCUT2D eigenvalue weighted by Gasteiger charge is 2.33. The van der Waals surface area contributed by atoms with Crippen molar-refractivity contribution in [1.29, 1.82) is 0 Å². The zero-order valence-electron chi connectivity index (χ0n) is 13.1. The average molecular weight is 327 g/mol. The second kappa shape index (κ2) is 7.51. The molecule has 0 heterocycles. The van der Waals surface area contributed by atoms with Gasteiger partial charge in [-0.1, -0.05) is 79.0 Å². The van der Waals surface area contributed by atoms with Gasteiger partial charge >= 0.3 is 8.56 Å². The summed E-state index contributed by atoms with van der Waals surface area (Å²) in [5.41, 5.74) is 4.19. The van der Waals surface area contributed by atoms with Crippen LogP contribution in [0.15, 0.2) is 72.9 Å². The van der Waals surface area contributed by atoms with E-state index >= 15 is 0 Å². The molecule has 2 atom stereocenters. The van der Waals surface area contributed by atoms with Crippen molar-refractivity contribution >= 4 is 28.9 Å². The first kappa shape index (κ1) is 16.6. The van der Waals surface area contributed by atoms with Crippen molar-refractivity contribution in [3.05, 3.63) is 84.1 Å². The summed E-state index contributed by atoms with van der Waals surface area (Å²) in [6.45, 7) is 7.92. The molecule has 0 aromatic heterocycles. The van der Waals surface area contributed by atoms with Gasteiger partial charge in [0.25, 0.3) is 0 Å². The molecule has 0 spiro atoms. The fourth-order valence-corrected chi connectivity index (χ4v) is 7.16. The number of benzene rings is 2. The fourth-order valence-electron chi connectivity index (χ4n) is 2.19. The Bertz CT molecular complexity index is 637. The minimum atomic E-state index is -2.93. The van der Waals surface area contributed by atoms with Gasteiger partial charge < -0.3 is 8.91 Å². The van der Waals surface area contributed by atoms with Crippen LogP contribution in [0.25, 0.3) is 11.3 Å². The van der Waals surface area contributed by atoms with Crippen LogP contribution in [0.4, 0.5) is 0 Å². The molecule has 0 saturated carbocycles. The topological polar surface area (TPSA) is 29.5 Å². The Morgan fingerprint density at radius 1 is 1.09 bits per heavy atom. The summed E-state index contributed by atoms with van der Waals surface area (Å²) in [5, 5.41) is 0.723. The van der Waals surface area contributed by atoms with Crippen molar-refractivity contribution in [3.63, 3.8) is 0 Å². The zero-order valence-corrected chi connectivity index (χ0v) is 15.2. The van der Waals surface area contributed by atoms with Gasteiger partial charge in [0.05, 0.1) is 0 Å². The number of hydrogen-bond donors (Lipinski definition) is 1. The Kier molecular flexibility index (Phi) is 5.68. The molecule has 2 aromatic rings. The van der Waals surface area contributed by atoms with E-state index in [-0.39, 0.29) is 0 Å². The van der Waals surface area contributed by atoms with E-state index in [1.54, 1.807) is 6.55 Å². The van der Waals surface area contributed by atoms with Gasteiger partial charge in [-0.05, 0) is 29.4 Å². The van der Waals surface area contributed by atoms with Crippen molar-refractivity contribution in [3.8, 4) is 0 Å². The Labute approximate surface area is 135 Å². The number of rotatable bonds is 6. The van der Waals surface area contributed by atoms with E-state index in [0.717, 1.165) is 16.3 Å². The molecule has 2 aromatic carbocycles. The molecule has 2 rings (SSSR count). The molecule has 0 bridgehead atoms. The molecule has 4 heteroatoms. The second-order valence-electron chi connectivity index (χ2n) is 5.42. The van der Waals surface area contributed by atoms with Crippen molar-refractivity contribution in [2.24, 2.45) is 0 Å². The number of hydrogen-bond acceptors (Lipinski definition) is 2. The highest BCUT2D eigenvalue weighted by Crippen LogP contribution is 2.23. The maximum absolute atomic E-state index is 10.7. The molecule has 22 heavy (non-hydrogen) atoms. The minimum absolute atomic E-state index is 0.723. The summed E-state index contributed by atoms with van der Waals surface area (Å²) >= 11 is 0. The van der Waals surface area contributed by atoms with Crippen LogP contribution in [0.2, 0.25) is 13.1 Å². The lowest BCUT2D eigenvalue weighted by Crippen LogP contribution is -2.40. The van der Waals surface area contributed by atoms with E-state index in [9.17, 15) is 4.80 Å². The van der Waals surface area contributed by atoms with Crippen LogP contribution in [0, 0.1) is 0 Å². The largest absolute Gasteiger partial charge is 0.432 e. The summed E-state index contributed by atoms with van der Waals surface area (Å²) < 4.78 is 6.02. The molecule has 0 fully saturated rings. The lowest BCUT2D eigenvalue weighted by Gasteiger charge is -2.25. The molecule has 2 unspecified atom stereocenters. The van der Waals surface area contributed by atoms with Gasteiger partial charge in [0.15, 0.2) is 9.04 Å². The molecular weight excluding hydrogens is 304 g/mol. The standard InChI is InChI=1S/C18H22O2Si2/c1-16(18-12-8-5-9-13-18)22(3,19)20-21(2)15-14-17-10-6-4-7-11-17/h4-15,19,21H,1H2,2-3H3/b15-14-. The molecule has 0 aliphatic heterocycles. The molecule has 0 radical (unpaired) electrons. The summed E-state index contributed by atoms with van der Waals surface area (Å²) in [6, 6.07) is 19.9. The van der Waals surface area contributed by atoms with Crippen LogP contribution >= 0.6 is 0 Å². The predicted octanol–water partition coefficient (Wildman–Crippen LogP) is 3.93. The van der Waals surface area contributed by atoms with Gasteiger partial charge in [-0.2, -0.15) is 0 Å². The quantitative estimate of drug-likeness (QED) is 0.815. The highest BCUT2D eigenvalue weighted by atomic mass is 28.4. The third-order valence-electron chi connectivity index (χ3n) is 3.46. The van der Waals surface area contributed by atoms with E-state index in [4.69, 9.17) is 4.12 Å². The summed E-state index contributed by atoms with van der Waals surface area (Å²) in [7, 11) is -4.54. The summed E-state index contributed by atoms with van der Waals surface area (Å²) in [5.74, 6) is 0. The van der Waals surface area contributed by atoms with E-state index in [1.807, 2.05) is 48.5 Å². The van der Waals surface area contributed by atoms with Crippen LogP contribution in [0.1, 0.15) is 11.1 Å². The van der Waals surface area contributed by atoms with E-state index in [1.165, 1.54) is 0 Å². The first-order valence-electron chi connectivity index (χ1n) is 7.37. The maximum Gasteiger partial charge on any atom is 0.356 e. The van der Waals surface area contributed by atoms with Crippen molar-refractivity contribution in [2.45, 2.75) is 13.1 Å². The molecule has 0 amide bonds. The van der Waals surface area contributed by atoms with E-state index in [0.29, 0.717) is 0 Å². The monoisotopic (exact) mass is 326 g/mol. The third kappa shape index (κ3) is 4.64. The lowest BCUT2D eigenvalue weighted by atomic mass is 10.2. The van der Waals surface area contributed by atoms with Crippen molar-refractivity contribution < 1.29 is 8.91 Å². The van der Waals surface area contributed by atoms with Crippen LogP contribution < -0.4 is 0 Å². The first-order chi connectivity index (χ1) is 10.5. The Balaban J connectivity index is 2.02. The van der Waals surface area contributed by atoms with Crippen LogP contribution in [-0.4, -0.2) is 22.4 Å². The summed E-state index contributed by atoms with van der Waals surface area (Å²) in [4.78, 5) is 10.7. The van der Waals surface area contributed by atoms with Crippen molar-refractivity contribution in [1.82, 2.24) is 0 Å². The van der Waals surface area contributed by atoms with Crippen molar-refractivity contribution in [2.75, 3.05) is 0 Å². The highest BCUT2D eigenvalue weighted by molar-refractivity contribution is 6.89. The molecule has 0 saturated heterocycles. The van der Waals surface area contributed by atoms with Gasteiger partial charge in [0.2, 0.25) is 0 Å². The normalized spacial score (nSPS) is 15.4. The Morgan fingerprint density at radius 3 is 2.23 bits per heavy atom. The van der Waals surface area contributed by atoms with E-state index < -0.39 is 17.6 Å². The van der Waals surface area contributed by atoms with E-state index in [2.05, 4.69) is 37.0 Å². The second-order valence-corrected chi connectivity index (χ2v) is 10.7. The average Bonchev–Trinajstić information content (AvgIpc) is 2.53.